The molecule has 2 aromatic rings. The molecule has 0 saturated carbocycles. The zero-order valence-electron chi connectivity index (χ0n) is 14.6. The molecular formula is C20H19FN2O2. The van der Waals surface area contributed by atoms with Gasteiger partial charge in [0.15, 0.2) is 5.78 Å². The summed E-state index contributed by atoms with van der Waals surface area (Å²) in [4.78, 5) is 30.7. The second kappa shape index (κ2) is 5.92. The van der Waals surface area contributed by atoms with Crippen molar-refractivity contribution >= 4 is 23.1 Å². The van der Waals surface area contributed by atoms with Gasteiger partial charge in [0.1, 0.15) is 11.4 Å². The molecule has 0 atom stereocenters. The number of likely N-dealkylation sites (N-methyl/N-ethyl adjacent to an activating group) is 1. The number of carbonyl (C=O) groups excluding carboxylic acids is 2. The summed E-state index contributed by atoms with van der Waals surface area (Å²) in [6, 6.07) is 11.4. The maximum absolute atomic E-state index is 14.5. The predicted molar refractivity (Wildman–Crippen MR) is 96.0 cm³/mol. The Balaban J connectivity index is 2.37. The van der Waals surface area contributed by atoms with Crippen LogP contribution >= 0.6 is 0 Å². The van der Waals surface area contributed by atoms with Crippen LogP contribution in [0.1, 0.15) is 42.3 Å². The maximum Gasteiger partial charge on any atom is 0.254 e. The normalized spacial score (nSPS) is 16.1. The number of fused-ring (bicyclic) bond motifs is 1. The van der Waals surface area contributed by atoms with Crippen molar-refractivity contribution in [1.82, 2.24) is 0 Å². The van der Waals surface area contributed by atoms with Gasteiger partial charge in [0.2, 0.25) is 0 Å². The van der Waals surface area contributed by atoms with Gasteiger partial charge in [-0.25, -0.2) is 4.39 Å². The van der Waals surface area contributed by atoms with E-state index in [-0.39, 0.29) is 11.7 Å². The molecule has 0 spiro atoms. The Morgan fingerprint density at radius 2 is 1.80 bits per heavy atom. The number of nitrogens with zero attached hydrogens (tertiary/aromatic N) is 2. The highest BCUT2D eigenvalue weighted by Crippen LogP contribution is 2.32. The monoisotopic (exact) mass is 338 g/mol. The maximum atomic E-state index is 14.5. The van der Waals surface area contributed by atoms with Crippen LogP contribution in [-0.2, 0) is 4.79 Å². The van der Waals surface area contributed by atoms with Crippen molar-refractivity contribution in [3.05, 3.63) is 65.0 Å². The van der Waals surface area contributed by atoms with Crippen LogP contribution in [0.15, 0.2) is 47.5 Å². The van der Waals surface area contributed by atoms with E-state index in [0.717, 1.165) is 0 Å². The molecular weight excluding hydrogens is 319 g/mol. The number of ketones is 1. The standard InChI is InChI=1S/C20H19FN2O2/c1-12(24)13-9-10-17-15(11-13)18(14-7-5-6-8-16(14)21)22-20(2,3)19(25)23(17)4/h5-11H,1-4H3. The van der Waals surface area contributed by atoms with Gasteiger partial charge in [-0.3, -0.25) is 14.6 Å². The van der Waals surface area contributed by atoms with E-state index in [9.17, 15) is 14.0 Å². The zero-order valence-corrected chi connectivity index (χ0v) is 14.6. The van der Waals surface area contributed by atoms with Gasteiger partial charge in [-0.15, -0.1) is 0 Å². The van der Waals surface area contributed by atoms with Gasteiger partial charge in [-0.05, 0) is 51.1 Å². The van der Waals surface area contributed by atoms with Crippen molar-refractivity contribution < 1.29 is 14.0 Å². The van der Waals surface area contributed by atoms with Crippen LogP contribution in [0, 0.1) is 5.82 Å². The fraction of sp³-hybridized carbons (Fsp3) is 0.250. The molecule has 1 heterocycles. The molecule has 3 rings (SSSR count). The van der Waals surface area contributed by atoms with Crippen LogP contribution in [0.5, 0.6) is 0 Å². The second-order valence-electron chi connectivity index (χ2n) is 6.65. The van der Waals surface area contributed by atoms with Gasteiger partial charge in [0.25, 0.3) is 5.91 Å². The Morgan fingerprint density at radius 1 is 1.12 bits per heavy atom. The molecule has 1 aliphatic rings. The number of hydrogen-bond acceptors (Lipinski definition) is 3. The molecule has 0 aromatic heterocycles. The van der Waals surface area contributed by atoms with Gasteiger partial charge < -0.3 is 4.90 Å². The molecule has 0 fully saturated rings. The van der Waals surface area contributed by atoms with Gasteiger partial charge in [0, 0.05) is 23.7 Å². The smallest absolute Gasteiger partial charge is 0.254 e. The SMILES string of the molecule is CC(=O)c1ccc2c(c1)C(c1ccccc1F)=NC(C)(C)C(=O)N2C. The molecule has 1 aliphatic heterocycles. The lowest BCUT2D eigenvalue weighted by Gasteiger charge is -2.24. The van der Waals surface area contributed by atoms with E-state index in [1.807, 2.05) is 0 Å². The molecule has 25 heavy (non-hydrogen) atoms. The van der Waals surface area contributed by atoms with Gasteiger partial charge in [-0.1, -0.05) is 12.1 Å². The summed E-state index contributed by atoms with van der Waals surface area (Å²) in [5.74, 6) is -0.725. The van der Waals surface area contributed by atoms with E-state index in [2.05, 4.69) is 4.99 Å². The lowest BCUT2D eigenvalue weighted by Crippen LogP contribution is -2.41. The van der Waals surface area contributed by atoms with Gasteiger partial charge >= 0.3 is 0 Å². The summed E-state index contributed by atoms with van der Waals surface area (Å²) in [5.41, 5.74) is 1.28. The first-order valence-electron chi connectivity index (χ1n) is 8.00. The highest BCUT2D eigenvalue weighted by Gasteiger charge is 2.36. The largest absolute Gasteiger partial charge is 0.313 e. The van der Waals surface area contributed by atoms with Crippen LogP contribution in [0.4, 0.5) is 10.1 Å². The van der Waals surface area contributed by atoms with Crippen LogP contribution in [-0.4, -0.2) is 30.0 Å². The van der Waals surface area contributed by atoms with E-state index < -0.39 is 11.4 Å². The Kier molecular flexibility index (Phi) is 4.03. The summed E-state index contributed by atoms with van der Waals surface area (Å²) in [6.07, 6.45) is 0. The number of Topliss-reactive ketones (excluding diaryl/α,β-unsaturated/α-hetero) is 1. The Bertz CT molecular complexity index is 916. The summed E-state index contributed by atoms with van der Waals surface area (Å²) < 4.78 is 14.5. The van der Waals surface area contributed by atoms with Crippen molar-refractivity contribution in [3.8, 4) is 0 Å². The molecule has 0 aliphatic carbocycles. The molecule has 1 amide bonds. The minimum Gasteiger partial charge on any atom is -0.313 e. The first kappa shape index (κ1) is 17.0. The lowest BCUT2D eigenvalue weighted by molar-refractivity contribution is -0.122. The highest BCUT2D eigenvalue weighted by atomic mass is 19.1. The lowest BCUT2D eigenvalue weighted by atomic mass is 9.96. The fourth-order valence-electron chi connectivity index (χ4n) is 3.00. The van der Waals surface area contributed by atoms with Gasteiger partial charge in [0.05, 0.1) is 11.4 Å². The highest BCUT2D eigenvalue weighted by molar-refractivity contribution is 6.21. The summed E-state index contributed by atoms with van der Waals surface area (Å²) in [5, 5.41) is 0. The van der Waals surface area contributed by atoms with E-state index in [0.29, 0.717) is 28.1 Å². The fourth-order valence-corrected chi connectivity index (χ4v) is 3.00. The molecule has 0 bridgehead atoms. The molecule has 0 N–H and O–H groups in total. The van der Waals surface area contributed by atoms with E-state index in [4.69, 9.17) is 0 Å². The van der Waals surface area contributed by atoms with Crippen molar-refractivity contribution in [3.63, 3.8) is 0 Å². The number of amides is 1. The van der Waals surface area contributed by atoms with E-state index in [1.54, 1.807) is 57.3 Å². The first-order valence-corrected chi connectivity index (χ1v) is 8.00. The first-order chi connectivity index (χ1) is 11.7. The van der Waals surface area contributed by atoms with E-state index in [1.165, 1.54) is 17.9 Å². The summed E-state index contributed by atoms with van der Waals surface area (Å²) >= 11 is 0. The minimum absolute atomic E-state index is 0.104. The second-order valence-corrected chi connectivity index (χ2v) is 6.65. The topological polar surface area (TPSA) is 49.7 Å². The van der Waals surface area contributed by atoms with Gasteiger partial charge in [-0.2, -0.15) is 0 Å². The molecule has 0 radical (unpaired) electrons. The number of halogens is 1. The van der Waals surface area contributed by atoms with Crippen LogP contribution < -0.4 is 4.90 Å². The quantitative estimate of drug-likeness (QED) is 0.785. The molecule has 0 saturated heterocycles. The minimum atomic E-state index is -1.05. The van der Waals surface area contributed by atoms with Crippen molar-refractivity contribution in [1.29, 1.82) is 0 Å². The number of carbonyl (C=O) groups is 2. The molecule has 2 aromatic carbocycles. The van der Waals surface area contributed by atoms with Crippen LogP contribution in [0.3, 0.4) is 0 Å². The summed E-state index contributed by atoms with van der Waals surface area (Å²) in [7, 11) is 1.66. The van der Waals surface area contributed by atoms with Crippen molar-refractivity contribution in [2.45, 2.75) is 26.3 Å². The third-order valence-electron chi connectivity index (χ3n) is 4.37. The third kappa shape index (κ3) is 2.86. The number of anilines is 1. The van der Waals surface area contributed by atoms with Crippen LogP contribution in [0.2, 0.25) is 0 Å². The number of aliphatic imine (C=N–C) groups is 1. The summed E-state index contributed by atoms with van der Waals surface area (Å²) in [6.45, 7) is 4.87. The van der Waals surface area contributed by atoms with Crippen LogP contribution in [0.25, 0.3) is 0 Å². The Labute approximate surface area is 146 Å². The molecule has 128 valence electrons. The Hall–Kier alpha value is -2.82. The number of benzene rings is 2. The van der Waals surface area contributed by atoms with Crippen molar-refractivity contribution in [2.75, 3.05) is 11.9 Å². The number of hydrogen-bond donors (Lipinski definition) is 0. The molecule has 5 heteroatoms. The predicted octanol–water partition coefficient (Wildman–Crippen LogP) is 3.62. The zero-order chi connectivity index (χ0) is 18.4. The average Bonchev–Trinajstić information content (AvgIpc) is 2.64. The third-order valence-corrected chi connectivity index (χ3v) is 4.37. The number of benzodiazepines with no additional fused rings is 1. The number of rotatable bonds is 2. The van der Waals surface area contributed by atoms with Crippen molar-refractivity contribution in [2.24, 2.45) is 4.99 Å². The Morgan fingerprint density at radius 3 is 2.44 bits per heavy atom. The molecule has 0 unspecified atom stereocenters. The van der Waals surface area contributed by atoms with E-state index >= 15 is 0 Å². The molecule has 4 nitrogen and oxygen atoms in total. The average molecular weight is 338 g/mol.